The number of ether oxygens (including phenoxy) is 1. The van der Waals surface area contributed by atoms with E-state index in [-0.39, 0.29) is 5.91 Å². The molecule has 1 atom stereocenters. The van der Waals surface area contributed by atoms with Crippen molar-refractivity contribution in [3.05, 3.63) is 0 Å². The molecule has 6 heteroatoms. The van der Waals surface area contributed by atoms with Gasteiger partial charge in [0.15, 0.2) is 0 Å². The first-order valence-electron chi connectivity index (χ1n) is 5.37. The lowest BCUT2D eigenvalue weighted by Gasteiger charge is -2.24. The fourth-order valence-electron chi connectivity index (χ4n) is 1.10. The summed E-state index contributed by atoms with van der Waals surface area (Å²) in [6, 6.07) is -0.546. The predicted octanol–water partition coefficient (Wildman–Crippen LogP) is 1.33. The van der Waals surface area contributed by atoms with Crippen LogP contribution in [0.25, 0.3) is 0 Å². The van der Waals surface area contributed by atoms with E-state index in [9.17, 15) is 9.59 Å². The third-order valence-corrected chi connectivity index (χ3v) is 2.43. The van der Waals surface area contributed by atoms with Gasteiger partial charge in [-0.15, -0.1) is 0 Å². The third kappa shape index (κ3) is 7.10. The largest absolute Gasteiger partial charge is 0.444 e. The van der Waals surface area contributed by atoms with Gasteiger partial charge in [0.2, 0.25) is 5.91 Å². The van der Waals surface area contributed by atoms with Gasteiger partial charge in [-0.2, -0.15) is 11.8 Å². The van der Waals surface area contributed by atoms with Gasteiger partial charge in [0.05, 0.1) is 0 Å². The minimum atomic E-state index is -0.563. The molecule has 0 aromatic carbocycles. The van der Waals surface area contributed by atoms with E-state index in [1.807, 2.05) is 6.26 Å². The van der Waals surface area contributed by atoms with Crippen molar-refractivity contribution in [2.75, 3.05) is 26.1 Å². The summed E-state index contributed by atoms with van der Waals surface area (Å²) >= 11 is 1.50. The Kier molecular flexibility index (Phi) is 6.37. The van der Waals surface area contributed by atoms with E-state index >= 15 is 0 Å². The van der Waals surface area contributed by atoms with Gasteiger partial charge in [-0.25, -0.2) is 4.79 Å². The Morgan fingerprint density at radius 1 is 1.35 bits per heavy atom. The van der Waals surface area contributed by atoms with Gasteiger partial charge in [0.1, 0.15) is 11.6 Å². The molecular formula is C11H22N2O3S. The molecule has 1 N–H and O–H groups in total. The maximum absolute atomic E-state index is 11.8. The molecule has 100 valence electrons. The Labute approximate surface area is 107 Å². The fraction of sp³-hybridized carbons (Fsp3) is 0.818. The summed E-state index contributed by atoms with van der Waals surface area (Å²) in [6.07, 6.45) is 1.32. The molecule has 0 radical (unpaired) electrons. The number of amides is 2. The maximum atomic E-state index is 11.8. The van der Waals surface area contributed by atoms with Crippen LogP contribution in [-0.2, 0) is 9.53 Å². The molecule has 0 saturated carbocycles. The number of hydrogen-bond donors (Lipinski definition) is 1. The van der Waals surface area contributed by atoms with Crippen molar-refractivity contribution in [3.63, 3.8) is 0 Å². The normalized spacial score (nSPS) is 12.8. The number of hydrogen-bond acceptors (Lipinski definition) is 4. The van der Waals surface area contributed by atoms with Crippen molar-refractivity contribution in [3.8, 4) is 0 Å². The molecule has 0 spiro atoms. The van der Waals surface area contributed by atoms with Gasteiger partial charge < -0.3 is 15.0 Å². The van der Waals surface area contributed by atoms with E-state index in [0.29, 0.717) is 5.75 Å². The standard InChI is InChI=1S/C11H22N2O3S/c1-11(2,3)16-10(15)12-8(7-17-6)9(14)13(4)5/h8H,7H2,1-6H3,(H,12,15)/t8-/m0/s1. The number of likely N-dealkylation sites (N-methyl/N-ethyl adjacent to an activating group) is 1. The van der Waals surface area contributed by atoms with E-state index < -0.39 is 17.7 Å². The average Bonchev–Trinajstić information content (AvgIpc) is 2.12. The molecule has 0 bridgehead atoms. The molecule has 0 aromatic rings. The Bertz CT molecular complexity index is 274. The van der Waals surface area contributed by atoms with E-state index in [1.165, 1.54) is 16.7 Å². The van der Waals surface area contributed by atoms with Crippen LogP contribution in [0.3, 0.4) is 0 Å². The summed E-state index contributed by atoms with van der Waals surface area (Å²) in [7, 11) is 3.32. The van der Waals surface area contributed by atoms with Crippen molar-refractivity contribution < 1.29 is 14.3 Å². The molecule has 2 amide bonds. The second-order valence-electron chi connectivity index (χ2n) is 4.89. The van der Waals surface area contributed by atoms with E-state index in [0.717, 1.165) is 0 Å². The quantitative estimate of drug-likeness (QED) is 0.830. The van der Waals surface area contributed by atoms with Crippen molar-refractivity contribution in [2.45, 2.75) is 32.4 Å². The minimum Gasteiger partial charge on any atom is -0.444 e. The lowest BCUT2D eigenvalue weighted by atomic mass is 10.2. The number of nitrogens with zero attached hydrogens (tertiary/aromatic N) is 1. The number of thioether (sulfide) groups is 1. The molecule has 5 nitrogen and oxygen atoms in total. The molecule has 0 saturated heterocycles. The van der Waals surface area contributed by atoms with Crippen LogP contribution in [0, 0.1) is 0 Å². The van der Waals surface area contributed by atoms with Gasteiger partial charge >= 0.3 is 6.09 Å². The first kappa shape index (κ1) is 16.1. The molecule has 0 aliphatic rings. The third-order valence-electron chi connectivity index (χ3n) is 1.76. The zero-order valence-electron chi connectivity index (χ0n) is 11.4. The topological polar surface area (TPSA) is 58.6 Å². The number of nitrogens with one attached hydrogen (secondary N) is 1. The lowest BCUT2D eigenvalue weighted by Crippen LogP contribution is -2.49. The zero-order valence-corrected chi connectivity index (χ0v) is 12.2. The molecule has 0 fully saturated rings. The van der Waals surface area contributed by atoms with Gasteiger partial charge in [-0.1, -0.05) is 0 Å². The zero-order chi connectivity index (χ0) is 13.6. The molecule has 0 aliphatic carbocycles. The monoisotopic (exact) mass is 262 g/mol. The highest BCUT2D eigenvalue weighted by molar-refractivity contribution is 7.98. The Balaban J connectivity index is 4.45. The van der Waals surface area contributed by atoms with E-state index in [1.54, 1.807) is 34.9 Å². The van der Waals surface area contributed by atoms with Gasteiger partial charge in [-0.05, 0) is 27.0 Å². The van der Waals surface area contributed by atoms with Crippen LogP contribution < -0.4 is 5.32 Å². The summed E-state index contributed by atoms with van der Waals surface area (Å²) in [5.74, 6) is 0.390. The van der Waals surface area contributed by atoms with Crippen LogP contribution in [0.1, 0.15) is 20.8 Å². The molecule has 0 unspecified atom stereocenters. The number of carbonyl (C=O) groups is 2. The van der Waals surface area contributed by atoms with Gasteiger partial charge in [-0.3, -0.25) is 4.79 Å². The van der Waals surface area contributed by atoms with Crippen molar-refractivity contribution >= 4 is 23.8 Å². The Morgan fingerprint density at radius 2 is 1.88 bits per heavy atom. The first-order valence-corrected chi connectivity index (χ1v) is 6.76. The molecule has 0 aromatic heterocycles. The second-order valence-corrected chi connectivity index (χ2v) is 5.80. The fourth-order valence-corrected chi connectivity index (χ4v) is 1.66. The number of rotatable bonds is 4. The van der Waals surface area contributed by atoms with Crippen molar-refractivity contribution in [1.29, 1.82) is 0 Å². The summed E-state index contributed by atoms with van der Waals surface area (Å²) in [5, 5.41) is 2.58. The SMILES string of the molecule is CSC[C@H](NC(=O)OC(C)(C)C)C(=O)N(C)C. The summed E-state index contributed by atoms with van der Waals surface area (Å²) in [6.45, 7) is 5.35. The van der Waals surface area contributed by atoms with E-state index in [2.05, 4.69) is 5.32 Å². The van der Waals surface area contributed by atoms with Crippen LogP contribution in [0.15, 0.2) is 0 Å². The second kappa shape index (κ2) is 6.74. The minimum absolute atomic E-state index is 0.134. The van der Waals surface area contributed by atoms with E-state index in [4.69, 9.17) is 4.74 Å². The molecule has 0 rings (SSSR count). The summed E-state index contributed by atoms with van der Waals surface area (Å²) in [4.78, 5) is 24.8. The molecule has 17 heavy (non-hydrogen) atoms. The molecular weight excluding hydrogens is 240 g/mol. The molecule has 0 aliphatic heterocycles. The highest BCUT2D eigenvalue weighted by Crippen LogP contribution is 2.08. The Morgan fingerprint density at radius 3 is 2.24 bits per heavy atom. The Hall–Kier alpha value is -0.910. The molecule has 0 heterocycles. The van der Waals surface area contributed by atoms with Crippen molar-refractivity contribution in [1.82, 2.24) is 10.2 Å². The van der Waals surface area contributed by atoms with Crippen LogP contribution in [0.2, 0.25) is 0 Å². The first-order chi connectivity index (χ1) is 7.67. The maximum Gasteiger partial charge on any atom is 0.408 e. The van der Waals surface area contributed by atoms with Crippen LogP contribution >= 0.6 is 11.8 Å². The van der Waals surface area contributed by atoms with Gasteiger partial charge in [0.25, 0.3) is 0 Å². The van der Waals surface area contributed by atoms with Crippen molar-refractivity contribution in [2.24, 2.45) is 0 Å². The van der Waals surface area contributed by atoms with Crippen LogP contribution in [0.5, 0.6) is 0 Å². The highest BCUT2D eigenvalue weighted by Gasteiger charge is 2.24. The predicted molar refractivity (Wildman–Crippen MR) is 70.2 cm³/mol. The lowest BCUT2D eigenvalue weighted by molar-refractivity contribution is -0.130. The van der Waals surface area contributed by atoms with Crippen LogP contribution in [0.4, 0.5) is 4.79 Å². The van der Waals surface area contributed by atoms with Gasteiger partial charge in [0, 0.05) is 19.8 Å². The summed E-state index contributed by atoms with van der Waals surface area (Å²) < 4.78 is 5.11. The average molecular weight is 262 g/mol. The number of alkyl carbamates (subject to hydrolysis) is 1. The van der Waals surface area contributed by atoms with Crippen LogP contribution in [-0.4, -0.2) is 54.6 Å². The highest BCUT2D eigenvalue weighted by atomic mass is 32.2. The number of carbonyl (C=O) groups excluding carboxylic acids is 2. The summed E-state index contributed by atoms with van der Waals surface area (Å²) in [5.41, 5.74) is -0.560. The smallest absolute Gasteiger partial charge is 0.408 e.